The molecule has 1 aliphatic rings. The highest BCUT2D eigenvalue weighted by Crippen LogP contribution is 2.33. The number of rotatable bonds is 8. The number of aromatic nitrogens is 4. The molecule has 31 heavy (non-hydrogen) atoms. The number of hydrogen-bond donors (Lipinski definition) is 2. The van der Waals surface area contributed by atoms with E-state index in [1.54, 1.807) is 5.55 Å². The summed E-state index contributed by atoms with van der Waals surface area (Å²) in [6.45, 7) is 2.70. The molecule has 4 rings (SSSR count). The molecule has 0 fully saturated rings. The Kier molecular flexibility index (Phi) is 6.22. The molecule has 0 saturated carbocycles. The molecule has 1 aromatic heterocycles. The minimum Gasteiger partial charge on any atom is -0.479 e. The van der Waals surface area contributed by atoms with Crippen LogP contribution in [0.1, 0.15) is 25.3 Å². The van der Waals surface area contributed by atoms with Crippen molar-refractivity contribution in [2.45, 2.75) is 31.7 Å². The Morgan fingerprint density at radius 2 is 1.94 bits per heavy atom. The average molecular weight is 435 g/mol. The zero-order valence-corrected chi connectivity index (χ0v) is 17.8. The van der Waals surface area contributed by atoms with Crippen LogP contribution in [-0.2, 0) is 11.2 Å². The Hall–Kier alpha value is -3.33. The van der Waals surface area contributed by atoms with Crippen molar-refractivity contribution in [1.82, 2.24) is 20.6 Å². The number of H-pyrrole nitrogens is 1. The van der Waals surface area contributed by atoms with E-state index in [1.165, 1.54) is 11.8 Å². The minimum atomic E-state index is -1.34. The van der Waals surface area contributed by atoms with Crippen molar-refractivity contribution in [2.24, 2.45) is 9.98 Å². The second kappa shape index (κ2) is 9.22. The van der Waals surface area contributed by atoms with Gasteiger partial charge in [-0.2, -0.15) is 0 Å². The van der Waals surface area contributed by atoms with Crippen LogP contribution in [0.25, 0.3) is 22.5 Å². The Morgan fingerprint density at radius 1 is 1.16 bits per heavy atom. The quantitative estimate of drug-likeness (QED) is 0.520. The predicted molar refractivity (Wildman–Crippen MR) is 122 cm³/mol. The molecule has 3 aromatic rings. The maximum absolute atomic E-state index is 12.2. The Labute approximate surface area is 183 Å². The predicted octanol–water partition coefficient (Wildman–Crippen LogP) is 3.87. The van der Waals surface area contributed by atoms with Crippen LogP contribution in [0.3, 0.4) is 0 Å². The topological polar surface area (TPSA) is 116 Å². The molecule has 1 aliphatic heterocycles. The Morgan fingerprint density at radius 3 is 2.61 bits per heavy atom. The van der Waals surface area contributed by atoms with Gasteiger partial charge in [0.05, 0.1) is 5.55 Å². The van der Waals surface area contributed by atoms with E-state index in [1.807, 2.05) is 48.5 Å². The Bertz CT molecular complexity index is 1110. The summed E-state index contributed by atoms with van der Waals surface area (Å²) in [5, 5.41) is 24.7. The van der Waals surface area contributed by atoms with Crippen molar-refractivity contribution in [3.8, 4) is 22.5 Å². The molecular formula is C22H22N6O2S. The van der Waals surface area contributed by atoms with Gasteiger partial charge in [0.2, 0.25) is 5.54 Å². The summed E-state index contributed by atoms with van der Waals surface area (Å²) in [4.78, 5) is 21.1. The number of aromatic amines is 1. The van der Waals surface area contributed by atoms with Gasteiger partial charge in [-0.15, -0.1) is 5.10 Å². The molecular weight excluding hydrogens is 412 g/mol. The van der Waals surface area contributed by atoms with Gasteiger partial charge in [-0.1, -0.05) is 73.6 Å². The number of benzene rings is 2. The van der Waals surface area contributed by atoms with Crippen LogP contribution in [-0.4, -0.2) is 54.4 Å². The largest absolute Gasteiger partial charge is 0.479 e. The maximum atomic E-state index is 12.2. The normalized spacial score (nSPS) is 19.2. The fraction of sp³-hybridized carbons (Fsp3) is 0.273. The number of thioether (sulfide) groups is 1. The van der Waals surface area contributed by atoms with Gasteiger partial charge in [-0.05, 0) is 33.5 Å². The molecule has 0 amide bonds. The summed E-state index contributed by atoms with van der Waals surface area (Å²) >= 11 is 1.30. The summed E-state index contributed by atoms with van der Waals surface area (Å²) in [7, 11) is 0. The molecule has 2 heterocycles. The van der Waals surface area contributed by atoms with Crippen LogP contribution in [0, 0.1) is 0 Å². The number of carbonyl (C=O) groups is 1. The van der Waals surface area contributed by atoms with Crippen molar-refractivity contribution in [3.05, 3.63) is 54.1 Å². The number of unbranched alkanes of at least 4 members (excludes halogenated alkanes) is 1. The number of aliphatic carboxylic acids is 1. The van der Waals surface area contributed by atoms with E-state index in [9.17, 15) is 9.90 Å². The summed E-state index contributed by atoms with van der Waals surface area (Å²) in [5.41, 5.74) is 3.99. The number of carboxylic acid groups (broad SMARTS) is 1. The Balaban J connectivity index is 1.61. The number of tetrazole rings is 1. The first-order valence-corrected chi connectivity index (χ1v) is 10.9. The first kappa shape index (κ1) is 20.9. The lowest BCUT2D eigenvalue weighted by Gasteiger charge is -2.22. The van der Waals surface area contributed by atoms with Crippen LogP contribution in [0.2, 0.25) is 0 Å². The summed E-state index contributed by atoms with van der Waals surface area (Å²) in [6.07, 6.45) is 2.19. The third kappa shape index (κ3) is 4.27. The number of aliphatic imine (C=N–C) groups is 2. The van der Waals surface area contributed by atoms with Crippen LogP contribution in [0.15, 0.2) is 58.5 Å². The zero-order chi connectivity index (χ0) is 21.7. The second-order valence-electron chi connectivity index (χ2n) is 7.23. The van der Waals surface area contributed by atoms with Gasteiger partial charge >= 0.3 is 5.97 Å². The van der Waals surface area contributed by atoms with E-state index in [0.717, 1.165) is 35.1 Å². The highest BCUT2D eigenvalue weighted by atomic mass is 32.2. The molecule has 1 unspecified atom stereocenters. The van der Waals surface area contributed by atoms with Gasteiger partial charge in [0.15, 0.2) is 5.82 Å². The third-order valence-corrected chi connectivity index (χ3v) is 6.07. The minimum absolute atomic E-state index is 0.255. The van der Waals surface area contributed by atoms with Gasteiger partial charge in [0, 0.05) is 18.5 Å². The first-order valence-electron chi connectivity index (χ1n) is 10.0. The molecule has 0 spiro atoms. The van der Waals surface area contributed by atoms with Crippen molar-refractivity contribution < 1.29 is 9.90 Å². The van der Waals surface area contributed by atoms with Crippen LogP contribution < -0.4 is 0 Å². The van der Waals surface area contributed by atoms with Gasteiger partial charge in [0.25, 0.3) is 0 Å². The maximum Gasteiger partial charge on any atom is 0.338 e. The SMILES string of the molecule is CCCC/N=C1\SC=NC1(Cc1ccc(-c2ccccc2-c2nnn[nH]2)cc1)C(=O)O. The number of hydrogen-bond acceptors (Lipinski definition) is 7. The molecule has 8 nitrogen and oxygen atoms in total. The number of carboxylic acids is 1. The van der Waals surface area contributed by atoms with E-state index >= 15 is 0 Å². The van der Waals surface area contributed by atoms with Gasteiger partial charge in [-0.3, -0.25) is 9.98 Å². The molecule has 2 N–H and O–H groups in total. The molecule has 0 bridgehead atoms. The van der Waals surface area contributed by atoms with Gasteiger partial charge in [0.1, 0.15) is 5.04 Å². The highest BCUT2D eigenvalue weighted by molar-refractivity contribution is 8.25. The molecule has 0 saturated heterocycles. The van der Waals surface area contributed by atoms with E-state index in [0.29, 0.717) is 17.4 Å². The summed E-state index contributed by atoms with van der Waals surface area (Å²) in [5.74, 6) is -0.383. The summed E-state index contributed by atoms with van der Waals surface area (Å²) < 4.78 is 0. The van der Waals surface area contributed by atoms with E-state index in [-0.39, 0.29) is 6.42 Å². The van der Waals surface area contributed by atoms with E-state index < -0.39 is 11.5 Å². The first-order chi connectivity index (χ1) is 15.1. The van der Waals surface area contributed by atoms with Crippen molar-refractivity contribution in [1.29, 1.82) is 0 Å². The van der Waals surface area contributed by atoms with Crippen molar-refractivity contribution >= 4 is 28.3 Å². The molecule has 158 valence electrons. The number of nitrogens with zero attached hydrogens (tertiary/aromatic N) is 5. The fourth-order valence-corrected chi connectivity index (χ4v) is 4.39. The van der Waals surface area contributed by atoms with Crippen molar-refractivity contribution in [3.63, 3.8) is 0 Å². The number of nitrogens with one attached hydrogen (secondary N) is 1. The van der Waals surface area contributed by atoms with Crippen LogP contribution in [0.4, 0.5) is 0 Å². The molecule has 2 aromatic carbocycles. The highest BCUT2D eigenvalue weighted by Gasteiger charge is 2.46. The monoisotopic (exact) mass is 434 g/mol. The van der Waals surface area contributed by atoms with Crippen LogP contribution in [0.5, 0.6) is 0 Å². The van der Waals surface area contributed by atoms with E-state index in [2.05, 4.69) is 37.5 Å². The second-order valence-corrected chi connectivity index (χ2v) is 8.06. The standard InChI is InChI=1S/C22H22N6O2S/c1-2-3-12-23-20-22(21(29)30,24-14-31-20)13-15-8-10-16(11-9-15)17-6-4-5-7-18(17)19-25-27-28-26-19/h4-11,14H,2-3,12-13H2,1H3,(H,29,30)(H,25,26,27,28)/b23-20-. The summed E-state index contributed by atoms with van der Waals surface area (Å²) in [6, 6.07) is 15.7. The van der Waals surface area contributed by atoms with E-state index in [4.69, 9.17) is 0 Å². The molecule has 0 aliphatic carbocycles. The fourth-order valence-electron chi connectivity index (χ4n) is 3.48. The zero-order valence-electron chi connectivity index (χ0n) is 17.0. The lowest BCUT2D eigenvalue weighted by atomic mass is 9.90. The van der Waals surface area contributed by atoms with Gasteiger partial charge in [-0.25, -0.2) is 9.89 Å². The molecule has 1 atom stereocenters. The van der Waals surface area contributed by atoms with Crippen LogP contribution >= 0.6 is 11.8 Å². The lowest BCUT2D eigenvalue weighted by Crippen LogP contribution is -2.43. The average Bonchev–Trinajstić information content (AvgIpc) is 3.46. The smallest absolute Gasteiger partial charge is 0.338 e. The van der Waals surface area contributed by atoms with Crippen molar-refractivity contribution in [2.75, 3.05) is 6.54 Å². The molecule has 9 heteroatoms. The third-order valence-electron chi connectivity index (χ3n) is 5.16. The molecule has 0 radical (unpaired) electrons. The lowest BCUT2D eigenvalue weighted by molar-refractivity contribution is -0.140. The van der Waals surface area contributed by atoms with Gasteiger partial charge < -0.3 is 5.11 Å².